The maximum Gasteiger partial charge on any atom is 0.254 e. The SMILES string of the molecule is CCCN(CC(=O)N1CCc2sccc2C1c1ccccc1C)C(=O)c1ccc(-c2ccccc2)cc1. The van der Waals surface area contributed by atoms with Crippen molar-refractivity contribution in [3.05, 3.63) is 117 Å². The first-order chi connectivity index (χ1) is 18.1. The number of amides is 2. The largest absolute Gasteiger partial charge is 0.330 e. The molecule has 2 heterocycles. The van der Waals surface area contributed by atoms with Crippen molar-refractivity contribution in [1.82, 2.24) is 9.80 Å². The Morgan fingerprint density at radius 3 is 2.32 bits per heavy atom. The lowest BCUT2D eigenvalue weighted by Gasteiger charge is -2.38. The van der Waals surface area contributed by atoms with Crippen molar-refractivity contribution < 1.29 is 9.59 Å². The first-order valence-corrected chi connectivity index (χ1v) is 13.8. The number of carbonyl (C=O) groups is 2. The van der Waals surface area contributed by atoms with Crippen molar-refractivity contribution in [3.8, 4) is 11.1 Å². The third-order valence-corrected chi connectivity index (χ3v) is 8.11. The van der Waals surface area contributed by atoms with E-state index in [1.165, 1.54) is 16.0 Å². The molecule has 0 fully saturated rings. The summed E-state index contributed by atoms with van der Waals surface area (Å²) < 4.78 is 0. The Morgan fingerprint density at radius 1 is 0.892 bits per heavy atom. The lowest BCUT2D eigenvalue weighted by molar-refractivity contribution is -0.134. The minimum atomic E-state index is -0.118. The quantitative estimate of drug-likeness (QED) is 0.277. The molecule has 1 aliphatic heterocycles. The Bertz CT molecular complexity index is 1380. The summed E-state index contributed by atoms with van der Waals surface area (Å²) in [5.74, 6) is -0.108. The topological polar surface area (TPSA) is 40.6 Å². The number of rotatable bonds is 7. The zero-order valence-electron chi connectivity index (χ0n) is 21.4. The second-order valence-electron chi connectivity index (χ2n) is 9.57. The number of nitrogens with zero attached hydrogens (tertiary/aromatic N) is 2. The van der Waals surface area contributed by atoms with Crippen LogP contribution in [0.1, 0.15) is 51.3 Å². The highest BCUT2D eigenvalue weighted by atomic mass is 32.1. The molecule has 37 heavy (non-hydrogen) atoms. The van der Waals surface area contributed by atoms with Crippen LogP contribution in [0.3, 0.4) is 0 Å². The van der Waals surface area contributed by atoms with Crippen molar-refractivity contribution in [2.24, 2.45) is 0 Å². The van der Waals surface area contributed by atoms with E-state index in [4.69, 9.17) is 0 Å². The fraction of sp³-hybridized carbons (Fsp3) is 0.250. The first kappa shape index (κ1) is 25.0. The predicted octanol–water partition coefficient (Wildman–Crippen LogP) is 6.75. The summed E-state index contributed by atoms with van der Waals surface area (Å²) in [4.78, 5) is 32.4. The maximum absolute atomic E-state index is 13.8. The Balaban J connectivity index is 1.38. The monoisotopic (exact) mass is 508 g/mol. The highest BCUT2D eigenvalue weighted by Gasteiger charge is 2.34. The number of carbonyl (C=O) groups excluding carboxylic acids is 2. The van der Waals surface area contributed by atoms with Crippen LogP contribution in [-0.4, -0.2) is 41.2 Å². The summed E-state index contributed by atoms with van der Waals surface area (Å²) in [5, 5.41) is 2.12. The van der Waals surface area contributed by atoms with Gasteiger partial charge in [0.2, 0.25) is 5.91 Å². The minimum absolute atomic E-state index is 0.00666. The molecule has 0 aliphatic carbocycles. The average molecular weight is 509 g/mol. The molecule has 1 atom stereocenters. The van der Waals surface area contributed by atoms with Gasteiger partial charge in [-0.1, -0.05) is 73.7 Å². The summed E-state index contributed by atoms with van der Waals surface area (Å²) >= 11 is 1.76. The molecule has 5 heteroatoms. The second kappa shape index (κ2) is 11.1. The molecule has 0 saturated heterocycles. The van der Waals surface area contributed by atoms with E-state index in [1.807, 2.05) is 66.4 Å². The maximum atomic E-state index is 13.8. The highest BCUT2D eigenvalue weighted by Crippen LogP contribution is 2.39. The fourth-order valence-electron chi connectivity index (χ4n) is 5.21. The van der Waals surface area contributed by atoms with Crippen LogP contribution in [0.2, 0.25) is 0 Å². The summed E-state index contributed by atoms with van der Waals surface area (Å²) in [6, 6.07) is 28.1. The summed E-state index contributed by atoms with van der Waals surface area (Å²) in [7, 11) is 0. The number of aryl methyl sites for hydroxylation is 1. The van der Waals surface area contributed by atoms with Crippen LogP contribution in [0.15, 0.2) is 90.3 Å². The van der Waals surface area contributed by atoms with Gasteiger partial charge in [-0.25, -0.2) is 0 Å². The molecule has 3 aromatic carbocycles. The molecule has 1 aliphatic rings. The average Bonchev–Trinajstić information content (AvgIpc) is 3.42. The van der Waals surface area contributed by atoms with Gasteiger partial charge in [-0.15, -0.1) is 11.3 Å². The molecule has 0 radical (unpaired) electrons. The normalized spacial score (nSPS) is 14.8. The number of fused-ring (bicyclic) bond motifs is 1. The van der Waals surface area contributed by atoms with Crippen molar-refractivity contribution in [3.63, 3.8) is 0 Å². The molecule has 4 aromatic rings. The van der Waals surface area contributed by atoms with E-state index in [2.05, 4.69) is 42.6 Å². The zero-order chi connectivity index (χ0) is 25.8. The molecule has 2 amide bonds. The lowest BCUT2D eigenvalue weighted by Crippen LogP contribution is -2.47. The van der Waals surface area contributed by atoms with E-state index >= 15 is 0 Å². The first-order valence-electron chi connectivity index (χ1n) is 12.9. The van der Waals surface area contributed by atoms with Crippen molar-refractivity contribution in [2.45, 2.75) is 32.7 Å². The third-order valence-electron chi connectivity index (χ3n) is 7.12. The van der Waals surface area contributed by atoms with Gasteiger partial charge in [-0.2, -0.15) is 0 Å². The summed E-state index contributed by atoms with van der Waals surface area (Å²) in [6.45, 7) is 5.42. The van der Waals surface area contributed by atoms with Crippen LogP contribution >= 0.6 is 11.3 Å². The van der Waals surface area contributed by atoms with Crippen LogP contribution in [0.5, 0.6) is 0 Å². The molecular formula is C32H32N2O2S. The van der Waals surface area contributed by atoms with Gasteiger partial charge >= 0.3 is 0 Å². The van der Waals surface area contributed by atoms with Gasteiger partial charge in [0.05, 0.1) is 6.04 Å². The third kappa shape index (κ3) is 5.23. The minimum Gasteiger partial charge on any atom is -0.330 e. The Hall–Kier alpha value is -3.70. The molecular weight excluding hydrogens is 476 g/mol. The van der Waals surface area contributed by atoms with E-state index in [0.29, 0.717) is 18.7 Å². The number of benzene rings is 3. The van der Waals surface area contributed by atoms with Gasteiger partial charge in [-0.3, -0.25) is 9.59 Å². The number of thiophene rings is 1. The Kier molecular flexibility index (Phi) is 7.52. The van der Waals surface area contributed by atoms with Crippen LogP contribution in [0.4, 0.5) is 0 Å². The van der Waals surface area contributed by atoms with Gasteiger partial charge in [-0.05, 0) is 71.2 Å². The number of hydrogen-bond acceptors (Lipinski definition) is 3. The Morgan fingerprint density at radius 2 is 1.59 bits per heavy atom. The van der Waals surface area contributed by atoms with E-state index in [9.17, 15) is 9.59 Å². The predicted molar refractivity (Wildman–Crippen MR) is 151 cm³/mol. The molecule has 1 aromatic heterocycles. The molecule has 0 saturated carbocycles. The fourth-order valence-corrected chi connectivity index (χ4v) is 6.11. The van der Waals surface area contributed by atoms with E-state index in [1.54, 1.807) is 16.2 Å². The van der Waals surface area contributed by atoms with Crippen LogP contribution in [0, 0.1) is 6.92 Å². The standard InChI is InChI=1S/C32H32N2O2S/c1-3-19-33(32(36)26-15-13-25(14-16-26)24-10-5-4-6-11-24)22-30(35)34-20-17-29-28(18-21-37-29)31(34)27-12-8-7-9-23(27)2/h4-16,18,21,31H,3,17,19-20,22H2,1-2H3. The molecule has 0 spiro atoms. The Labute approximate surface area is 223 Å². The molecule has 4 nitrogen and oxygen atoms in total. The van der Waals surface area contributed by atoms with Crippen LogP contribution < -0.4 is 0 Å². The van der Waals surface area contributed by atoms with Crippen molar-refractivity contribution in [2.75, 3.05) is 19.6 Å². The van der Waals surface area contributed by atoms with E-state index in [-0.39, 0.29) is 24.4 Å². The highest BCUT2D eigenvalue weighted by molar-refractivity contribution is 7.10. The molecule has 5 rings (SSSR count). The zero-order valence-corrected chi connectivity index (χ0v) is 22.2. The van der Waals surface area contributed by atoms with Crippen molar-refractivity contribution >= 4 is 23.2 Å². The molecule has 1 unspecified atom stereocenters. The van der Waals surface area contributed by atoms with E-state index < -0.39 is 0 Å². The summed E-state index contributed by atoms with van der Waals surface area (Å²) in [6.07, 6.45) is 1.64. The number of hydrogen-bond donors (Lipinski definition) is 0. The molecule has 0 bridgehead atoms. The van der Waals surface area contributed by atoms with Gasteiger partial charge in [0.1, 0.15) is 6.54 Å². The van der Waals surface area contributed by atoms with Gasteiger partial charge in [0, 0.05) is 23.5 Å². The summed E-state index contributed by atoms with van der Waals surface area (Å²) in [5.41, 5.74) is 6.32. The van der Waals surface area contributed by atoms with Crippen LogP contribution in [-0.2, 0) is 11.2 Å². The van der Waals surface area contributed by atoms with Gasteiger partial charge in [0.25, 0.3) is 5.91 Å². The van der Waals surface area contributed by atoms with E-state index in [0.717, 1.165) is 29.5 Å². The van der Waals surface area contributed by atoms with Gasteiger partial charge < -0.3 is 9.80 Å². The molecule has 0 N–H and O–H groups in total. The van der Waals surface area contributed by atoms with Crippen molar-refractivity contribution in [1.29, 1.82) is 0 Å². The van der Waals surface area contributed by atoms with Gasteiger partial charge in [0.15, 0.2) is 0 Å². The lowest BCUT2D eigenvalue weighted by atomic mass is 9.90. The van der Waals surface area contributed by atoms with Crippen LogP contribution in [0.25, 0.3) is 11.1 Å². The second-order valence-corrected chi connectivity index (χ2v) is 10.6. The smallest absolute Gasteiger partial charge is 0.254 e. The molecule has 188 valence electrons.